The fraction of sp³-hybridized carbons (Fsp3) is 0.500. The normalized spacial score (nSPS) is 32.3. The molecule has 0 unspecified atom stereocenters. The SMILES string of the molecule is CO[C@H](CO[C@@H]1O[C@H](CO)[C@@H](OC(=O)/C=C/c2ccc(O)c(O)c2)[C@H](O[C@@H]2O[C@@H](C)[C@H](O)[C@@H](O)[C@H]2O)[C@H]1O)c1ccc(O)c(O)c1. The number of phenolic OH excluding ortho intramolecular Hbond substituents is 4. The number of esters is 1. The molecule has 254 valence electrons. The van der Waals surface area contributed by atoms with Crippen LogP contribution in [0, 0.1) is 0 Å². The highest BCUT2D eigenvalue weighted by Gasteiger charge is 2.52. The number of benzene rings is 2. The van der Waals surface area contributed by atoms with Gasteiger partial charge in [-0.2, -0.15) is 0 Å². The minimum Gasteiger partial charge on any atom is -0.504 e. The van der Waals surface area contributed by atoms with Gasteiger partial charge in [0.25, 0.3) is 0 Å². The minimum absolute atomic E-state index is 0.287. The van der Waals surface area contributed by atoms with E-state index in [9.17, 15) is 50.8 Å². The van der Waals surface area contributed by atoms with E-state index in [1.165, 1.54) is 56.5 Å². The van der Waals surface area contributed by atoms with E-state index >= 15 is 0 Å². The highest BCUT2D eigenvalue weighted by Crippen LogP contribution is 2.33. The fourth-order valence-corrected chi connectivity index (χ4v) is 4.96. The van der Waals surface area contributed by atoms with Gasteiger partial charge in [0.05, 0.1) is 19.3 Å². The van der Waals surface area contributed by atoms with Crippen LogP contribution in [0.25, 0.3) is 6.08 Å². The van der Waals surface area contributed by atoms with Crippen LogP contribution in [0.1, 0.15) is 24.2 Å². The number of methoxy groups -OCH3 is 1. The van der Waals surface area contributed by atoms with Crippen molar-refractivity contribution in [1.29, 1.82) is 0 Å². The molecule has 2 saturated heterocycles. The van der Waals surface area contributed by atoms with Gasteiger partial charge in [-0.3, -0.25) is 0 Å². The van der Waals surface area contributed by atoms with E-state index in [2.05, 4.69) is 0 Å². The quantitative estimate of drug-likeness (QED) is 0.0811. The number of phenols is 4. The smallest absolute Gasteiger partial charge is 0.331 e. The first-order valence-electron chi connectivity index (χ1n) is 14.2. The summed E-state index contributed by atoms with van der Waals surface area (Å²) < 4.78 is 33.8. The topological polar surface area (TPSA) is 255 Å². The van der Waals surface area contributed by atoms with E-state index in [-0.39, 0.29) is 18.1 Å². The summed E-state index contributed by atoms with van der Waals surface area (Å²) in [5, 5.41) is 91.2. The first-order chi connectivity index (χ1) is 21.8. The average Bonchev–Trinajstić information content (AvgIpc) is 3.03. The van der Waals surface area contributed by atoms with E-state index < -0.39 is 91.6 Å². The van der Waals surface area contributed by atoms with Gasteiger partial charge in [0.1, 0.15) is 42.7 Å². The molecule has 0 aliphatic carbocycles. The lowest BCUT2D eigenvalue weighted by molar-refractivity contribution is -0.358. The number of hydrogen-bond acceptors (Lipinski definition) is 16. The van der Waals surface area contributed by atoms with Crippen LogP contribution in [0.5, 0.6) is 23.0 Å². The summed E-state index contributed by atoms with van der Waals surface area (Å²) in [6.45, 7) is 0.351. The second-order valence-corrected chi connectivity index (χ2v) is 10.8. The molecule has 9 N–H and O–H groups in total. The lowest BCUT2D eigenvalue weighted by Crippen LogP contribution is -2.65. The highest BCUT2D eigenvalue weighted by atomic mass is 16.7. The van der Waals surface area contributed by atoms with Gasteiger partial charge in [0.15, 0.2) is 41.7 Å². The van der Waals surface area contributed by atoms with Gasteiger partial charge in [-0.1, -0.05) is 12.1 Å². The summed E-state index contributed by atoms with van der Waals surface area (Å²) >= 11 is 0. The van der Waals surface area contributed by atoms with Gasteiger partial charge in [0.2, 0.25) is 0 Å². The highest BCUT2D eigenvalue weighted by molar-refractivity contribution is 5.87. The van der Waals surface area contributed by atoms with Crippen LogP contribution in [0.15, 0.2) is 42.5 Å². The van der Waals surface area contributed by atoms with Crippen LogP contribution in [0.2, 0.25) is 0 Å². The minimum atomic E-state index is -1.80. The zero-order chi connectivity index (χ0) is 33.7. The van der Waals surface area contributed by atoms with Crippen molar-refractivity contribution < 1.29 is 79.2 Å². The number of carbonyl (C=O) groups excluding carboxylic acids is 1. The number of aliphatic hydroxyl groups is 5. The Balaban J connectivity index is 1.56. The van der Waals surface area contributed by atoms with Crippen LogP contribution in [0.4, 0.5) is 0 Å². The molecule has 0 bridgehead atoms. The third-order valence-electron chi connectivity index (χ3n) is 7.63. The summed E-state index contributed by atoms with van der Waals surface area (Å²) in [5.41, 5.74) is 0.720. The zero-order valence-electron chi connectivity index (χ0n) is 24.8. The van der Waals surface area contributed by atoms with Gasteiger partial charge in [-0.15, -0.1) is 0 Å². The Morgan fingerprint density at radius 3 is 2.15 bits per heavy atom. The molecule has 0 aromatic heterocycles. The first kappa shape index (κ1) is 35.3. The third-order valence-corrected chi connectivity index (χ3v) is 7.63. The van der Waals surface area contributed by atoms with Crippen LogP contribution >= 0.6 is 0 Å². The molecule has 2 heterocycles. The molecule has 11 atom stereocenters. The molecular formula is C30H38O16. The van der Waals surface area contributed by atoms with E-state index in [0.29, 0.717) is 11.1 Å². The van der Waals surface area contributed by atoms with Crippen molar-refractivity contribution in [1.82, 2.24) is 0 Å². The molecule has 2 aromatic rings. The van der Waals surface area contributed by atoms with Crippen molar-refractivity contribution in [3.05, 3.63) is 53.6 Å². The van der Waals surface area contributed by atoms with Crippen molar-refractivity contribution >= 4 is 12.0 Å². The Morgan fingerprint density at radius 1 is 0.848 bits per heavy atom. The average molecular weight is 655 g/mol. The Bertz CT molecular complexity index is 1350. The van der Waals surface area contributed by atoms with Crippen LogP contribution in [0.3, 0.4) is 0 Å². The van der Waals surface area contributed by atoms with Crippen LogP contribution < -0.4 is 0 Å². The second kappa shape index (κ2) is 15.4. The van der Waals surface area contributed by atoms with Gasteiger partial charge < -0.3 is 74.4 Å². The molecule has 2 aliphatic heterocycles. The van der Waals surface area contributed by atoms with E-state index in [4.69, 9.17) is 28.4 Å². The Kier molecular flexibility index (Phi) is 11.8. The third kappa shape index (κ3) is 8.05. The molecule has 0 spiro atoms. The molecule has 46 heavy (non-hydrogen) atoms. The molecular weight excluding hydrogens is 616 g/mol. The standard InChI is InChI=1S/C30H38O16/c1-13-23(37)24(38)25(39)30(43-13)46-28-26(40)29(42-12-21(41-2)15-5-7-17(33)19(35)10-15)44-20(11-31)27(28)45-22(36)8-4-14-3-6-16(32)18(34)9-14/h3-10,13,20-21,23-35,37-40H,11-12H2,1-2H3/b8-4+/t13-,20+,21+,23-,24+,25+,26+,27+,28+,29+,30-/m0/s1. The summed E-state index contributed by atoms with van der Waals surface area (Å²) in [6, 6.07) is 7.77. The zero-order valence-corrected chi connectivity index (χ0v) is 24.8. The van der Waals surface area contributed by atoms with E-state index in [1.54, 1.807) is 0 Å². The van der Waals surface area contributed by atoms with Crippen molar-refractivity contribution in [2.45, 2.75) is 74.4 Å². The number of aromatic hydroxyl groups is 4. The van der Waals surface area contributed by atoms with Crippen molar-refractivity contribution in [3.63, 3.8) is 0 Å². The molecule has 16 heteroatoms. The predicted octanol–water partition coefficient (Wildman–Crippen LogP) is -0.871. The molecule has 4 rings (SSSR count). The molecule has 2 fully saturated rings. The van der Waals surface area contributed by atoms with Gasteiger partial charge in [0, 0.05) is 13.2 Å². The van der Waals surface area contributed by atoms with Gasteiger partial charge in [-0.25, -0.2) is 4.79 Å². The van der Waals surface area contributed by atoms with Gasteiger partial charge in [-0.05, 0) is 48.4 Å². The van der Waals surface area contributed by atoms with E-state index in [1.807, 2.05) is 0 Å². The second-order valence-electron chi connectivity index (χ2n) is 10.8. The Morgan fingerprint density at radius 2 is 1.52 bits per heavy atom. The molecule has 16 nitrogen and oxygen atoms in total. The van der Waals surface area contributed by atoms with Crippen LogP contribution in [-0.4, -0.2) is 134 Å². The predicted molar refractivity (Wildman–Crippen MR) is 153 cm³/mol. The number of ether oxygens (including phenoxy) is 6. The number of hydrogen-bond donors (Lipinski definition) is 9. The molecule has 0 amide bonds. The summed E-state index contributed by atoms with van der Waals surface area (Å²) in [4.78, 5) is 12.9. The van der Waals surface area contributed by atoms with Crippen molar-refractivity contribution in [3.8, 4) is 23.0 Å². The van der Waals surface area contributed by atoms with E-state index in [0.717, 1.165) is 6.08 Å². The first-order valence-corrected chi connectivity index (χ1v) is 14.2. The largest absolute Gasteiger partial charge is 0.504 e. The lowest BCUT2D eigenvalue weighted by atomic mass is 9.97. The molecule has 2 aromatic carbocycles. The monoisotopic (exact) mass is 654 g/mol. The molecule has 0 saturated carbocycles. The molecule has 2 aliphatic rings. The summed E-state index contributed by atoms with van der Waals surface area (Å²) in [7, 11) is 1.35. The maximum Gasteiger partial charge on any atom is 0.331 e. The lowest BCUT2D eigenvalue weighted by Gasteiger charge is -2.46. The van der Waals surface area contributed by atoms with Crippen molar-refractivity contribution in [2.24, 2.45) is 0 Å². The summed E-state index contributed by atoms with van der Waals surface area (Å²) in [6.07, 6.45) is -14.1. The number of aliphatic hydroxyl groups excluding tert-OH is 5. The Hall–Kier alpha value is -3.55. The maximum atomic E-state index is 12.9. The maximum absolute atomic E-state index is 12.9. The Labute approximate surface area is 262 Å². The number of carbonyl (C=O) groups is 1. The molecule has 0 radical (unpaired) electrons. The fourth-order valence-electron chi connectivity index (χ4n) is 4.96. The number of rotatable bonds is 11. The summed E-state index contributed by atoms with van der Waals surface area (Å²) in [5.74, 6) is -2.56. The van der Waals surface area contributed by atoms with Crippen molar-refractivity contribution in [2.75, 3.05) is 20.3 Å². The van der Waals surface area contributed by atoms with Gasteiger partial charge >= 0.3 is 5.97 Å². The van der Waals surface area contributed by atoms with Crippen LogP contribution in [-0.2, 0) is 33.2 Å².